The molecule has 0 saturated carbocycles. The summed E-state index contributed by atoms with van der Waals surface area (Å²) in [6, 6.07) is 0. The fraction of sp³-hybridized carbons (Fsp3) is 0.818. The summed E-state index contributed by atoms with van der Waals surface area (Å²) >= 11 is 0. The lowest BCUT2D eigenvalue weighted by Crippen LogP contribution is -2.49. The molecule has 14 heavy (non-hydrogen) atoms. The molecule has 2 aliphatic rings. The Hall–Kier alpha value is -0.440. The van der Waals surface area contributed by atoms with Crippen LogP contribution in [0.5, 0.6) is 0 Å². The zero-order chi connectivity index (χ0) is 10.5. The lowest BCUT2D eigenvalue weighted by Gasteiger charge is -2.37. The van der Waals surface area contributed by atoms with Crippen molar-refractivity contribution in [2.24, 2.45) is 5.92 Å². The highest BCUT2D eigenvalue weighted by atomic mass is 19.2. The zero-order valence-corrected chi connectivity index (χ0v) is 8.76. The van der Waals surface area contributed by atoms with E-state index in [9.17, 15) is 8.78 Å². The number of hydrogen-bond donors (Lipinski definition) is 0. The van der Waals surface area contributed by atoms with Crippen molar-refractivity contribution in [3.05, 3.63) is 12.2 Å². The van der Waals surface area contributed by atoms with E-state index in [2.05, 4.69) is 6.58 Å². The lowest BCUT2D eigenvalue weighted by molar-refractivity contribution is 0.0579. The van der Waals surface area contributed by atoms with Crippen LogP contribution in [0.4, 0.5) is 8.78 Å². The maximum absolute atomic E-state index is 13.9. The summed E-state index contributed by atoms with van der Waals surface area (Å²) in [5, 5.41) is 0. The van der Waals surface area contributed by atoms with Gasteiger partial charge in [-0.2, -0.15) is 0 Å². The largest absolute Gasteiger partial charge is 0.287 e. The van der Waals surface area contributed by atoms with Gasteiger partial charge in [0.1, 0.15) is 6.17 Å². The van der Waals surface area contributed by atoms with Gasteiger partial charge in [-0.3, -0.25) is 4.90 Å². The van der Waals surface area contributed by atoms with Gasteiger partial charge in [-0.25, -0.2) is 8.78 Å². The molecule has 0 aromatic carbocycles. The van der Waals surface area contributed by atoms with Crippen molar-refractivity contribution < 1.29 is 8.78 Å². The van der Waals surface area contributed by atoms with Gasteiger partial charge in [0.25, 0.3) is 0 Å². The summed E-state index contributed by atoms with van der Waals surface area (Å²) in [6.07, 6.45) is -2.04. The summed E-state index contributed by atoms with van der Waals surface area (Å²) in [7, 11) is 0. The molecule has 0 unspecified atom stereocenters. The van der Waals surface area contributed by atoms with E-state index in [4.69, 9.17) is 0 Å². The highest BCUT2D eigenvalue weighted by Crippen LogP contribution is 2.47. The van der Waals surface area contributed by atoms with Crippen molar-refractivity contribution in [3.63, 3.8) is 0 Å². The van der Waals surface area contributed by atoms with Crippen molar-refractivity contribution in [3.8, 4) is 0 Å². The number of nitrogens with zero attached hydrogens (tertiary/aromatic N) is 1. The summed E-state index contributed by atoms with van der Waals surface area (Å²) in [6.45, 7) is 8.73. The van der Waals surface area contributed by atoms with Gasteiger partial charge in [0, 0.05) is 13.1 Å². The summed E-state index contributed by atoms with van der Waals surface area (Å²) in [4.78, 5) is 1.94. The van der Waals surface area contributed by atoms with Gasteiger partial charge >= 0.3 is 0 Å². The van der Waals surface area contributed by atoms with Crippen LogP contribution in [0.25, 0.3) is 0 Å². The Balaban J connectivity index is 2.35. The number of fused-ring (bicyclic) bond motifs is 1. The van der Waals surface area contributed by atoms with Gasteiger partial charge in [-0.1, -0.05) is 26.0 Å². The third-order valence-corrected chi connectivity index (χ3v) is 3.73. The Morgan fingerprint density at radius 3 is 2.64 bits per heavy atom. The van der Waals surface area contributed by atoms with Gasteiger partial charge in [-0.15, -0.1) is 0 Å². The molecule has 0 N–H and O–H groups in total. The van der Waals surface area contributed by atoms with Gasteiger partial charge in [-0.05, 0) is 12.3 Å². The SMILES string of the molecule is C=C1CN2C[C@@H](F)[C@@H](F)[C@@]2(C(C)C)C1. The monoisotopic (exact) mass is 201 g/mol. The van der Waals surface area contributed by atoms with E-state index in [0.29, 0.717) is 13.0 Å². The maximum Gasteiger partial charge on any atom is 0.151 e. The number of rotatable bonds is 1. The molecular formula is C11H17F2N. The van der Waals surface area contributed by atoms with Gasteiger partial charge < -0.3 is 0 Å². The summed E-state index contributed by atoms with van der Waals surface area (Å²) in [5.74, 6) is 0.137. The number of alkyl halides is 2. The molecule has 0 spiro atoms. The minimum absolute atomic E-state index is 0.137. The topological polar surface area (TPSA) is 3.24 Å². The molecule has 0 aromatic heterocycles. The van der Waals surface area contributed by atoms with E-state index in [0.717, 1.165) is 5.57 Å². The molecule has 2 aliphatic heterocycles. The Morgan fingerprint density at radius 1 is 1.50 bits per heavy atom. The van der Waals surface area contributed by atoms with Crippen LogP contribution in [0.2, 0.25) is 0 Å². The van der Waals surface area contributed by atoms with Crippen molar-refractivity contribution >= 4 is 0 Å². The first-order chi connectivity index (χ1) is 6.48. The van der Waals surface area contributed by atoms with E-state index in [1.165, 1.54) is 0 Å². The second kappa shape index (κ2) is 3.02. The predicted octanol–water partition coefficient (Wildman–Crippen LogP) is 2.33. The normalized spacial score (nSPS) is 43.6. The Labute approximate surface area is 83.8 Å². The van der Waals surface area contributed by atoms with Crippen LogP contribution < -0.4 is 0 Å². The smallest absolute Gasteiger partial charge is 0.151 e. The molecule has 0 aromatic rings. The molecule has 2 saturated heterocycles. The van der Waals surface area contributed by atoms with E-state index in [1.54, 1.807) is 0 Å². The molecule has 0 amide bonds. The Bertz CT molecular complexity index is 264. The third-order valence-electron chi connectivity index (χ3n) is 3.73. The van der Waals surface area contributed by atoms with E-state index < -0.39 is 17.9 Å². The van der Waals surface area contributed by atoms with E-state index in [-0.39, 0.29) is 12.5 Å². The van der Waals surface area contributed by atoms with Crippen LogP contribution in [0, 0.1) is 5.92 Å². The predicted molar refractivity (Wildman–Crippen MR) is 52.7 cm³/mol. The Morgan fingerprint density at radius 2 is 2.14 bits per heavy atom. The van der Waals surface area contributed by atoms with Crippen LogP contribution in [-0.2, 0) is 0 Å². The minimum Gasteiger partial charge on any atom is -0.287 e. The molecule has 2 fully saturated rings. The fourth-order valence-corrected chi connectivity index (χ4v) is 3.00. The number of halogens is 2. The van der Waals surface area contributed by atoms with Gasteiger partial charge in [0.15, 0.2) is 6.17 Å². The molecule has 0 radical (unpaired) electrons. The highest BCUT2D eigenvalue weighted by molar-refractivity contribution is 5.23. The van der Waals surface area contributed by atoms with E-state index in [1.807, 2.05) is 18.7 Å². The molecule has 2 heterocycles. The molecule has 2 rings (SSSR count). The zero-order valence-electron chi connectivity index (χ0n) is 8.76. The van der Waals surface area contributed by atoms with Crippen LogP contribution in [0.3, 0.4) is 0 Å². The fourth-order valence-electron chi connectivity index (χ4n) is 3.00. The van der Waals surface area contributed by atoms with Crippen LogP contribution in [0.15, 0.2) is 12.2 Å². The van der Waals surface area contributed by atoms with Crippen molar-refractivity contribution in [2.45, 2.75) is 38.2 Å². The number of hydrogen-bond acceptors (Lipinski definition) is 1. The van der Waals surface area contributed by atoms with Crippen LogP contribution in [0.1, 0.15) is 20.3 Å². The average molecular weight is 201 g/mol. The van der Waals surface area contributed by atoms with Gasteiger partial charge in [0.05, 0.1) is 5.54 Å². The third kappa shape index (κ3) is 1.08. The van der Waals surface area contributed by atoms with Crippen molar-refractivity contribution in [2.75, 3.05) is 13.1 Å². The lowest BCUT2D eigenvalue weighted by atomic mass is 9.80. The second-order valence-corrected chi connectivity index (χ2v) is 4.87. The van der Waals surface area contributed by atoms with E-state index >= 15 is 0 Å². The quantitative estimate of drug-likeness (QED) is 0.588. The van der Waals surface area contributed by atoms with Crippen LogP contribution >= 0.6 is 0 Å². The summed E-state index contributed by atoms with van der Waals surface area (Å²) in [5.41, 5.74) is 0.435. The first-order valence-corrected chi connectivity index (χ1v) is 5.18. The molecule has 80 valence electrons. The first-order valence-electron chi connectivity index (χ1n) is 5.18. The molecule has 3 heteroatoms. The second-order valence-electron chi connectivity index (χ2n) is 4.87. The molecular weight excluding hydrogens is 184 g/mol. The highest BCUT2D eigenvalue weighted by Gasteiger charge is 2.59. The molecule has 0 bridgehead atoms. The molecule has 1 nitrogen and oxygen atoms in total. The summed E-state index contributed by atoms with van der Waals surface area (Å²) < 4.78 is 27.2. The van der Waals surface area contributed by atoms with Crippen molar-refractivity contribution in [1.82, 2.24) is 4.90 Å². The first kappa shape index (κ1) is 10.1. The van der Waals surface area contributed by atoms with Crippen LogP contribution in [-0.4, -0.2) is 35.9 Å². The standard InChI is InChI=1S/C11H17F2N/c1-7(2)11-4-8(3)5-14(11)6-9(12)10(11)13/h7,9-10H,3-6H2,1-2H3/t9-,10-,11+/m1/s1. The van der Waals surface area contributed by atoms with Crippen molar-refractivity contribution in [1.29, 1.82) is 0 Å². The Kier molecular flexibility index (Phi) is 2.18. The average Bonchev–Trinajstić information content (AvgIpc) is 2.51. The minimum atomic E-state index is -1.35. The maximum atomic E-state index is 13.9. The molecule has 0 aliphatic carbocycles. The van der Waals surface area contributed by atoms with Gasteiger partial charge in [0.2, 0.25) is 0 Å². The molecule has 3 atom stereocenters.